The zero-order chi connectivity index (χ0) is 11.8. The van der Waals surface area contributed by atoms with Crippen molar-refractivity contribution in [3.8, 4) is 0 Å². The van der Waals surface area contributed by atoms with Gasteiger partial charge in [-0.25, -0.2) is 0 Å². The molecule has 0 bridgehead atoms. The Hall–Kier alpha value is -1.38. The molecule has 0 aromatic carbocycles. The van der Waals surface area contributed by atoms with E-state index in [9.17, 15) is 4.79 Å². The Morgan fingerprint density at radius 1 is 1.38 bits per heavy atom. The molecule has 1 amide bonds. The fourth-order valence-corrected chi connectivity index (χ4v) is 1.80. The minimum atomic E-state index is 0.263. The number of rotatable bonds is 5. The first-order valence-corrected chi connectivity index (χ1v) is 5.79. The molecule has 0 atom stereocenters. The fourth-order valence-electron chi connectivity index (χ4n) is 1.80. The van der Waals surface area contributed by atoms with Crippen LogP contribution in [0.1, 0.15) is 25.7 Å². The number of carbonyl (C=O) groups is 1. The van der Waals surface area contributed by atoms with Crippen molar-refractivity contribution in [1.82, 2.24) is 4.90 Å². The molecule has 0 N–H and O–H groups in total. The van der Waals surface area contributed by atoms with Gasteiger partial charge >= 0.3 is 0 Å². The molecule has 0 aromatic heterocycles. The van der Waals surface area contributed by atoms with Crippen molar-refractivity contribution >= 4 is 12.1 Å². The van der Waals surface area contributed by atoms with E-state index in [1.807, 2.05) is 11.0 Å². The van der Waals surface area contributed by atoms with Crippen LogP contribution in [0, 0.1) is 0 Å². The van der Waals surface area contributed by atoms with Gasteiger partial charge in [-0.05, 0) is 30.9 Å². The molecule has 0 saturated carbocycles. The highest BCUT2D eigenvalue weighted by atomic mass is 16.2. The number of aliphatic imine (C=N–C) groups is 1. The lowest BCUT2D eigenvalue weighted by Gasteiger charge is -2.14. The zero-order valence-corrected chi connectivity index (χ0v) is 9.98. The second kappa shape index (κ2) is 6.99. The van der Waals surface area contributed by atoms with Gasteiger partial charge < -0.3 is 4.90 Å². The summed E-state index contributed by atoms with van der Waals surface area (Å²) in [4.78, 5) is 17.6. The van der Waals surface area contributed by atoms with Gasteiger partial charge in [0.1, 0.15) is 0 Å². The van der Waals surface area contributed by atoms with E-state index in [-0.39, 0.29) is 5.91 Å². The maximum Gasteiger partial charge on any atom is 0.222 e. The standard InChI is InChI=1S/C13H20N2O/c1-3-12(8-9-14-2)6-7-13(16)15-10-4-5-11-15/h3,8-9H,1,4-7,10-11H2,2H3/b12-8+,14-9?. The summed E-state index contributed by atoms with van der Waals surface area (Å²) in [6.07, 6.45) is 9.07. The van der Waals surface area contributed by atoms with Crippen LogP contribution in [-0.4, -0.2) is 37.2 Å². The minimum absolute atomic E-state index is 0.263. The second-order valence-electron chi connectivity index (χ2n) is 3.94. The van der Waals surface area contributed by atoms with Crippen molar-refractivity contribution in [3.05, 3.63) is 24.3 Å². The summed E-state index contributed by atoms with van der Waals surface area (Å²) in [5.41, 5.74) is 1.07. The molecule has 1 aliphatic heterocycles. The van der Waals surface area contributed by atoms with Crippen LogP contribution >= 0.6 is 0 Å². The van der Waals surface area contributed by atoms with E-state index in [2.05, 4.69) is 11.6 Å². The van der Waals surface area contributed by atoms with E-state index < -0.39 is 0 Å². The Kier molecular flexibility index (Phi) is 5.54. The third-order valence-corrected chi connectivity index (χ3v) is 2.79. The van der Waals surface area contributed by atoms with Crippen molar-refractivity contribution in [2.45, 2.75) is 25.7 Å². The third kappa shape index (κ3) is 4.01. The average molecular weight is 220 g/mol. The average Bonchev–Trinajstić information content (AvgIpc) is 2.82. The van der Waals surface area contributed by atoms with Crippen molar-refractivity contribution in [3.63, 3.8) is 0 Å². The highest BCUT2D eigenvalue weighted by Gasteiger charge is 2.17. The highest BCUT2D eigenvalue weighted by Crippen LogP contribution is 2.12. The molecule has 16 heavy (non-hydrogen) atoms. The summed E-state index contributed by atoms with van der Waals surface area (Å²) in [6, 6.07) is 0. The lowest BCUT2D eigenvalue weighted by atomic mass is 10.1. The van der Waals surface area contributed by atoms with Gasteiger partial charge in [-0.1, -0.05) is 12.7 Å². The van der Waals surface area contributed by atoms with Crippen LogP contribution in [0.5, 0.6) is 0 Å². The molecule has 1 heterocycles. The molecular formula is C13H20N2O. The van der Waals surface area contributed by atoms with Gasteiger partial charge in [0.25, 0.3) is 0 Å². The molecule has 0 aromatic rings. The van der Waals surface area contributed by atoms with Crippen LogP contribution in [0.3, 0.4) is 0 Å². The van der Waals surface area contributed by atoms with Gasteiger partial charge in [0.2, 0.25) is 5.91 Å². The summed E-state index contributed by atoms with van der Waals surface area (Å²) >= 11 is 0. The summed E-state index contributed by atoms with van der Waals surface area (Å²) < 4.78 is 0. The first-order chi connectivity index (χ1) is 7.77. The molecular weight excluding hydrogens is 200 g/mol. The Balaban J connectivity index is 2.36. The normalized spacial score (nSPS) is 17.1. The van der Waals surface area contributed by atoms with Crippen LogP contribution in [0.25, 0.3) is 0 Å². The number of allylic oxidation sites excluding steroid dienone is 3. The van der Waals surface area contributed by atoms with Gasteiger partial charge in [-0.3, -0.25) is 9.79 Å². The Morgan fingerprint density at radius 2 is 2.06 bits per heavy atom. The molecule has 0 radical (unpaired) electrons. The molecule has 0 aliphatic carbocycles. The molecule has 88 valence electrons. The van der Waals surface area contributed by atoms with E-state index in [0.29, 0.717) is 6.42 Å². The summed E-state index contributed by atoms with van der Waals surface area (Å²) in [6.45, 7) is 5.60. The molecule has 0 unspecified atom stereocenters. The number of carbonyl (C=O) groups excluding carboxylic acids is 1. The Morgan fingerprint density at radius 3 is 2.62 bits per heavy atom. The van der Waals surface area contributed by atoms with E-state index in [0.717, 1.165) is 37.9 Å². The Labute approximate surface area is 97.6 Å². The first-order valence-electron chi connectivity index (χ1n) is 5.79. The molecule has 3 heteroatoms. The maximum absolute atomic E-state index is 11.8. The smallest absolute Gasteiger partial charge is 0.222 e. The van der Waals surface area contributed by atoms with Gasteiger partial charge in [0, 0.05) is 32.8 Å². The minimum Gasteiger partial charge on any atom is -0.343 e. The summed E-state index contributed by atoms with van der Waals surface area (Å²) in [7, 11) is 1.73. The van der Waals surface area contributed by atoms with Crippen LogP contribution in [0.4, 0.5) is 0 Å². The maximum atomic E-state index is 11.8. The molecule has 3 nitrogen and oxygen atoms in total. The molecule has 1 fully saturated rings. The van der Waals surface area contributed by atoms with Crippen LogP contribution in [0.15, 0.2) is 29.3 Å². The fraction of sp³-hybridized carbons (Fsp3) is 0.538. The van der Waals surface area contributed by atoms with Crippen molar-refractivity contribution in [1.29, 1.82) is 0 Å². The van der Waals surface area contributed by atoms with Crippen molar-refractivity contribution < 1.29 is 4.79 Å². The second-order valence-corrected chi connectivity index (χ2v) is 3.94. The van der Waals surface area contributed by atoms with E-state index in [4.69, 9.17) is 0 Å². The monoisotopic (exact) mass is 220 g/mol. The van der Waals surface area contributed by atoms with E-state index in [1.54, 1.807) is 19.3 Å². The van der Waals surface area contributed by atoms with Crippen molar-refractivity contribution in [2.75, 3.05) is 20.1 Å². The molecule has 1 aliphatic rings. The number of amides is 1. The van der Waals surface area contributed by atoms with Crippen LogP contribution in [-0.2, 0) is 4.79 Å². The highest BCUT2D eigenvalue weighted by molar-refractivity contribution is 5.77. The molecule has 0 spiro atoms. The molecule has 1 rings (SSSR count). The van der Waals surface area contributed by atoms with Crippen LogP contribution in [0.2, 0.25) is 0 Å². The largest absolute Gasteiger partial charge is 0.343 e. The van der Waals surface area contributed by atoms with Crippen LogP contribution < -0.4 is 0 Å². The predicted octanol–water partition coefficient (Wildman–Crippen LogP) is 2.20. The number of nitrogens with zero attached hydrogens (tertiary/aromatic N) is 2. The quantitative estimate of drug-likeness (QED) is 0.516. The first kappa shape index (κ1) is 12.7. The van der Waals surface area contributed by atoms with Gasteiger partial charge in [-0.15, -0.1) is 0 Å². The summed E-state index contributed by atoms with van der Waals surface area (Å²) in [5.74, 6) is 0.263. The SMILES string of the molecule is C=C/C(=C\C=NC)CCC(=O)N1CCCC1. The van der Waals surface area contributed by atoms with Gasteiger partial charge in [0.15, 0.2) is 0 Å². The zero-order valence-electron chi connectivity index (χ0n) is 9.98. The Bertz CT molecular complexity index is 299. The predicted molar refractivity (Wildman–Crippen MR) is 67.7 cm³/mol. The van der Waals surface area contributed by atoms with E-state index >= 15 is 0 Å². The lowest BCUT2D eigenvalue weighted by Crippen LogP contribution is -2.27. The number of likely N-dealkylation sites (tertiary alicyclic amines) is 1. The number of hydrogen-bond acceptors (Lipinski definition) is 2. The van der Waals surface area contributed by atoms with Crippen molar-refractivity contribution in [2.24, 2.45) is 4.99 Å². The number of hydrogen-bond donors (Lipinski definition) is 0. The van der Waals surface area contributed by atoms with Gasteiger partial charge in [0.05, 0.1) is 0 Å². The third-order valence-electron chi connectivity index (χ3n) is 2.79. The van der Waals surface area contributed by atoms with E-state index in [1.165, 1.54) is 0 Å². The lowest BCUT2D eigenvalue weighted by molar-refractivity contribution is -0.130. The molecule has 1 saturated heterocycles. The topological polar surface area (TPSA) is 32.7 Å². The summed E-state index contributed by atoms with van der Waals surface area (Å²) in [5, 5.41) is 0. The van der Waals surface area contributed by atoms with Gasteiger partial charge in [-0.2, -0.15) is 0 Å².